The number of carbonyl (C=O) groups excluding carboxylic acids is 1. The molecule has 0 spiro atoms. The molecule has 1 amide bonds. The normalized spacial score (nSPS) is 10.8. The summed E-state index contributed by atoms with van der Waals surface area (Å²) in [5.41, 5.74) is 6.55. The average Bonchev–Trinajstić information content (AvgIpc) is 2.75. The number of amides is 1. The number of benzene rings is 1. The molecule has 5 nitrogen and oxygen atoms in total. The number of aromatic nitrogens is 1. The highest BCUT2D eigenvalue weighted by Gasteiger charge is 2.09. The number of hydrogen-bond donors (Lipinski definition) is 1. The second-order valence-corrected chi connectivity index (χ2v) is 4.59. The van der Waals surface area contributed by atoms with Gasteiger partial charge in [0.25, 0.3) is 0 Å². The third-order valence-corrected chi connectivity index (χ3v) is 3.12. The Morgan fingerprint density at radius 1 is 1.33 bits per heavy atom. The van der Waals surface area contributed by atoms with E-state index in [0.29, 0.717) is 6.61 Å². The van der Waals surface area contributed by atoms with Gasteiger partial charge in [-0.2, -0.15) is 5.10 Å². The van der Waals surface area contributed by atoms with Crippen molar-refractivity contribution >= 4 is 12.3 Å². The van der Waals surface area contributed by atoms with Crippen LogP contribution >= 0.6 is 0 Å². The molecule has 1 aromatic heterocycles. The van der Waals surface area contributed by atoms with Gasteiger partial charge >= 0.3 is 6.09 Å². The zero-order valence-electron chi connectivity index (χ0n) is 12.5. The summed E-state index contributed by atoms with van der Waals surface area (Å²) >= 11 is 0. The van der Waals surface area contributed by atoms with Gasteiger partial charge in [0.15, 0.2) is 0 Å². The van der Waals surface area contributed by atoms with Crippen LogP contribution in [0.15, 0.2) is 41.5 Å². The third-order valence-electron chi connectivity index (χ3n) is 3.12. The quantitative estimate of drug-likeness (QED) is 0.693. The van der Waals surface area contributed by atoms with Crippen LogP contribution in [0, 0.1) is 13.8 Å². The Morgan fingerprint density at radius 2 is 2.05 bits per heavy atom. The molecule has 1 aromatic carbocycles. The molecule has 1 heterocycles. The molecular formula is C16H19N3O2. The Balaban J connectivity index is 2.20. The first-order chi connectivity index (χ1) is 10.1. The largest absolute Gasteiger partial charge is 0.449 e. The lowest BCUT2D eigenvalue weighted by atomic mass is 10.2. The minimum Gasteiger partial charge on any atom is -0.449 e. The molecule has 0 saturated heterocycles. The molecular weight excluding hydrogens is 266 g/mol. The Morgan fingerprint density at radius 3 is 2.71 bits per heavy atom. The van der Waals surface area contributed by atoms with E-state index in [0.717, 1.165) is 22.6 Å². The fourth-order valence-corrected chi connectivity index (χ4v) is 2.21. The molecule has 0 aliphatic carbocycles. The number of nitrogens with one attached hydrogen (secondary N) is 1. The maximum absolute atomic E-state index is 11.2. The lowest BCUT2D eigenvalue weighted by molar-refractivity contribution is 0.152. The van der Waals surface area contributed by atoms with Crippen molar-refractivity contribution < 1.29 is 9.53 Å². The smallest absolute Gasteiger partial charge is 0.427 e. The van der Waals surface area contributed by atoms with Crippen LogP contribution in [0.1, 0.15) is 23.9 Å². The maximum atomic E-state index is 11.2. The van der Waals surface area contributed by atoms with E-state index in [1.54, 1.807) is 13.1 Å². The summed E-state index contributed by atoms with van der Waals surface area (Å²) in [7, 11) is 0. The maximum Gasteiger partial charge on any atom is 0.427 e. The van der Waals surface area contributed by atoms with Crippen LogP contribution in [-0.4, -0.2) is 23.5 Å². The zero-order chi connectivity index (χ0) is 15.2. The number of hydrazone groups is 1. The van der Waals surface area contributed by atoms with Crippen molar-refractivity contribution in [3.05, 3.63) is 53.3 Å². The summed E-state index contributed by atoms with van der Waals surface area (Å²) in [6.07, 6.45) is 1.07. The number of aryl methyl sites for hydroxylation is 1. The minimum atomic E-state index is -0.550. The van der Waals surface area contributed by atoms with Crippen LogP contribution < -0.4 is 5.43 Å². The highest BCUT2D eigenvalue weighted by atomic mass is 16.5. The fraction of sp³-hybridized carbons (Fsp3) is 0.250. The van der Waals surface area contributed by atoms with Crippen LogP contribution in [0.2, 0.25) is 0 Å². The molecule has 110 valence electrons. The second-order valence-electron chi connectivity index (χ2n) is 4.59. The molecule has 5 heteroatoms. The van der Waals surface area contributed by atoms with Crippen molar-refractivity contribution in [3.8, 4) is 5.69 Å². The van der Waals surface area contributed by atoms with Crippen molar-refractivity contribution in [1.29, 1.82) is 0 Å². The molecule has 0 atom stereocenters. The standard InChI is InChI=1S/C16H19N3O2/c1-4-21-16(20)18-17-11-14-10-12(2)19(13(14)3)15-8-6-5-7-9-15/h5-11H,4H2,1-3H3,(H,18,20)/b17-11-. The van der Waals surface area contributed by atoms with Gasteiger partial charge in [-0.3, -0.25) is 0 Å². The van der Waals surface area contributed by atoms with E-state index in [9.17, 15) is 4.79 Å². The molecule has 0 bridgehead atoms. The van der Waals surface area contributed by atoms with E-state index < -0.39 is 6.09 Å². The molecule has 2 aromatic rings. The zero-order valence-corrected chi connectivity index (χ0v) is 12.5. The molecule has 0 saturated carbocycles. The van der Waals surface area contributed by atoms with Crippen LogP contribution in [0.25, 0.3) is 5.69 Å². The molecule has 0 aliphatic rings. The van der Waals surface area contributed by atoms with E-state index in [1.165, 1.54) is 0 Å². The lowest BCUT2D eigenvalue weighted by Crippen LogP contribution is -2.18. The van der Waals surface area contributed by atoms with Gasteiger partial charge in [0.1, 0.15) is 0 Å². The van der Waals surface area contributed by atoms with Gasteiger partial charge in [-0.05, 0) is 39.0 Å². The van der Waals surface area contributed by atoms with Crippen molar-refractivity contribution in [2.45, 2.75) is 20.8 Å². The number of para-hydroxylation sites is 1. The van der Waals surface area contributed by atoms with Gasteiger partial charge in [-0.1, -0.05) is 18.2 Å². The minimum absolute atomic E-state index is 0.323. The van der Waals surface area contributed by atoms with Gasteiger partial charge in [0.05, 0.1) is 12.8 Å². The highest BCUT2D eigenvalue weighted by Crippen LogP contribution is 2.19. The van der Waals surface area contributed by atoms with Gasteiger partial charge in [-0.25, -0.2) is 10.2 Å². The summed E-state index contributed by atoms with van der Waals surface area (Å²) in [6, 6.07) is 12.1. The summed E-state index contributed by atoms with van der Waals surface area (Å²) in [6.45, 7) is 6.13. The Kier molecular flexibility index (Phi) is 4.77. The van der Waals surface area contributed by atoms with Crippen molar-refractivity contribution in [2.75, 3.05) is 6.61 Å². The summed E-state index contributed by atoms with van der Waals surface area (Å²) in [5, 5.41) is 3.91. The first-order valence-electron chi connectivity index (χ1n) is 6.83. The molecule has 1 N–H and O–H groups in total. The predicted molar refractivity (Wildman–Crippen MR) is 83.0 cm³/mol. The SMILES string of the molecule is CCOC(=O)N/N=C\c1cc(C)n(-c2ccccc2)c1C. The van der Waals surface area contributed by atoms with E-state index in [2.05, 4.69) is 27.2 Å². The predicted octanol–water partition coefficient (Wildman–Crippen LogP) is 3.17. The average molecular weight is 285 g/mol. The number of ether oxygens (including phenoxy) is 1. The highest BCUT2D eigenvalue weighted by molar-refractivity contribution is 5.83. The first-order valence-corrected chi connectivity index (χ1v) is 6.83. The molecule has 2 rings (SSSR count). The molecule has 21 heavy (non-hydrogen) atoms. The number of carbonyl (C=O) groups is 1. The Hall–Kier alpha value is -2.56. The lowest BCUT2D eigenvalue weighted by Gasteiger charge is -2.08. The Labute approximate surface area is 124 Å². The van der Waals surface area contributed by atoms with Crippen molar-refractivity contribution in [2.24, 2.45) is 5.10 Å². The second kappa shape index (κ2) is 6.74. The number of hydrogen-bond acceptors (Lipinski definition) is 3. The molecule has 0 fully saturated rings. The van der Waals surface area contributed by atoms with Crippen LogP contribution in [0.4, 0.5) is 4.79 Å². The van der Waals surface area contributed by atoms with E-state index in [1.807, 2.05) is 38.1 Å². The summed E-state index contributed by atoms with van der Waals surface area (Å²) in [5.74, 6) is 0. The van der Waals surface area contributed by atoms with Gasteiger partial charge in [0, 0.05) is 22.6 Å². The molecule has 0 unspecified atom stereocenters. The van der Waals surface area contributed by atoms with Crippen molar-refractivity contribution in [1.82, 2.24) is 9.99 Å². The monoisotopic (exact) mass is 285 g/mol. The van der Waals surface area contributed by atoms with Gasteiger partial charge < -0.3 is 9.30 Å². The summed E-state index contributed by atoms with van der Waals surface area (Å²) in [4.78, 5) is 11.2. The van der Waals surface area contributed by atoms with Gasteiger partial charge in [-0.15, -0.1) is 0 Å². The van der Waals surface area contributed by atoms with Crippen LogP contribution in [-0.2, 0) is 4.74 Å². The number of rotatable bonds is 4. The number of nitrogens with zero attached hydrogens (tertiary/aromatic N) is 2. The molecule has 0 aliphatic heterocycles. The topological polar surface area (TPSA) is 55.6 Å². The first kappa shape index (κ1) is 14.8. The fourth-order valence-electron chi connectivity index (χ4n) is 2.21. The van der Waals surface area contributed by atoms with Crippen LogP contribution in [0.5, 0.6) is 0 Å². The van der Waals surface area contributed by atoms with Crippen molar-refractivity contribution in [3.63, 3.8) is 0 Å². The summed E-state index contributed by atoms with van der Waals surface area (Å²) < 4.78 is 6.88. The Bertz CT molecular complexity index is 645. The van der Waals surface area contributed by atoms with E-state index >= 15 is 0 Å². The van der Waals surface area contributed by atoms with Gasteiger partial charge in [0.2, 0.25) is 0 Å². The third kappa shape index (κ3) is 3.51. The van der Waals surface area contributed by atoms with E-state index in [4.69, 9.17) is 4.74 Å². The van der Waals surface area contributed by atoms with E-state index in [-0.39, 0.29) is 0 Å². The van der Waals surface area contributed by atoms with Crippen LogP contribution in [0.3, 0.4) is 0 Å². The molecule has 0 radical (unpaired) electrons.